The van der Waals surface area contributed by atoms with E-state index in [-0.39, 0.29) is 11.3 Å². The molecule has 0 aromatic rings. The largest absolute Gasteiger partial charge is 0.381 e. The molecule has 5 nitrogen and oxygen atoms in total. The van der Waals surface area contributed by atoms with Crippen molar-refractivity contribution >= 4 is 10.0 Å². The molecule has 0 radical (unpaired) electrons. The van der Waals surface area contributed by atoms with Gasteiger partial charge in [0, 0.05) is 25.8 Å². The van der Waals surface area contributed by atoms with E-state index in [1.54, 1.807) is 0 Å². The molecule has 0 bridgehead atoms. The van der Waals surface area contributed by atoms with E-state index >= 15 is 0 Å². The van der Waals surface area contributed by atoms with Gasteiger partial charge in [-0.15, -0.1) is 0 Å². The molecule has 1 unspecified atom stereocenters. The molecule has 0 saturated carbocycles. The molecule has 6 heteroatoms. The van der Waals surface area contributed by atoms with Crippen LogP contribution in [0, 0.1) is 0 Å². The minimum Gasteiger partial charge on any atom is -0.381 e. The lowest BCUT2D eigenvalue weighted by Gasteiger charge is -2.24. The highest BCUT2D eigenvalue weighted by atomic mass is 32.2. The smallest absolute Gasteiger partial charge is 0.214 e. The van der Waals surface area contributed by atoms with Crippen molar-refractivity contribution in [3.05, 3.63) is 0 Å². The first kappa shape index (κ1) is 11.3. The topological polar surface area (TPSA) is 67.4 Å². The van der Waals surface area contributed by atoms with E-state index in [1.165, 1.54) is 0 Å². The molecule has 0 amide bonds. The van der Waals surface area contributed by atoms with Gasteiger partial charge in [0.2, 0.25) is 10.0 Å². The van der Waals surface area contributed by atoms with Crippen molar-refractivity contribution in [2.45, 2.75) is 30.6 Å². The summed E-state index contributed by atoms with van der Waals surface area (Å²) in [4.78, 5) is 0. The number of ether oxygens (including phenoxy) is 1. The summed E-state index contributed by atoms with van der Waals surface area (Å²) in [7, 11) is -3.14. The molecule has 2 N–H and O–H groups in total. The fraction of sp³-hybridized carbons (Fsp3) is 1.00. The van der Waals surface area contributed by atoms with Crippen LogP contribution in [0.5, 0.6) is 0 Å². The van der Waals surface area contributed by atoms with Crippen LogP contribution in [0.15, 0.2) is 0 Å². The summed E-state index contributed by atoms with van der Waals surface area (Å²) in [5, 5.41) is 2.89. The van der Waals surface area contributed by atoms with E-state index in [4.69, 9.17) is 4.74 Å². The molecule has 0 aliphatic carbocycles. The Hall–Kier alpha value is -0.170. The van der Waals surface area contributed by atoms with Gasteiger partial charge in [0.25, 0.3) is 0 Å². The summed E-state index contributed by atoms with van der Waals surface area (Å²) < 4.78 is 31.8. The molecular formula is C9H18N2O3S. The van der Waals surface area contributed by atoms with E-state index in [1.807, 2.05) is 0 Å². The van der Waals surface area contributed by atoms with Crippen LogP contribution in [-0.4, -0.2) is 46.0 Å². The number of hydrogen-bond donors (Lipinski definition) is 2. The van der Waals surface area contributed by atoms with Gasteiger partial charge in [0.1, 0.15) is 0 Å². The van der Waals surface area contributed by atoms with E-state index in [9.17, 15) is 8.42 Å². The normalized spacial score (nSPS) is 29.5. The third-order valence-electron chi connectivity index (χ3n) is 3.00. The highest BCUT2D eigenvalue weighted by Gasteiger charge is 2.30. The molecule has 88 valence electrons. The molecule has 15 heavy (non-hydrogen) atoms. The first-order valence-corrected chi connectivity index (χ1v) is 7.03. The second-order valence-corrected chi connectivity index (χ2v) is 6.16. The first-order valence-electron chi connectivity index (χ1n) is 5.48. The Bertz CT molecular complexity index is 292. The SMILES string of the molecule is O=S(=O)(NC1CCNC1)C1CCOCC1. The van der Waals surface area contributed by atoms with Gasteiger partial charge in [0.15, 0.2) is 0 Å². The summed E-state index contributed by atoms with van der Waals surface area (Å²) in [6.45, 7) is 2.78. The Balaban J connectivity index is 1.92. The van der Waals surface area contributed by atoms with Crippen molar-refractivity contribution in [2.75, 3.05) is 26.3 Å². The van der Waals surface area contributed by atoms with Gasteiger partial charge in [-0.2, -0.15) is 0 Å². The van der Waals surface area contributed by atoms with Crippen LogP contribution in [0.3, 0.4) is 0 Å². The summed E-state index contributed by atoms with van der Waals surface area (Å²) >= 11 is 0. The van der Waals surface area contributed by atoms with Crippen LogP contribution >= 0.6 is 0 Å². The van der Waals surface area contributed by atoms with E-state index < -0.39 is 10.0 Å². The number of sulfonamides is 1. The predicted molar refractivity (Wildman–Crippen MR) is 57.2 cm³/mol. The Morgan fingerprint density at radius 2 is 1.93 bits per heavy atom. The maximum absolute atomic E-state index is 11.9. The monoisotopic (exact) mass is 234 g/mol. The van der Waals surface area contributed by atoms with Gasteiger partial charge in [-0.05, 0) is 25.8 Å². The molecule has 2 saturated heterocycles. The lowest BCUT2D eigenvalue weighted by atomic mass is 10.2. The lowest BCUT2D eigenvalue weighted by Crippen LogP contribution is -2.43. The molecule has 2 aliphatic heterocycles. The lowest BCUT2D eigenvalue weighted by molar-refractivity contribution is 0.0981. The van der Waals surface area contributed by atoms with Crippen LogP contribution in [0.1, 0.15) is 19.3 Å². The molecular weight excluding hydrogens is 216 g/mol. The number of rotatable bonds is 3. The Labute approximate surface area is 90.6 Å². The van der Waals surface area contributed by atoms with Gasteiger partial charge in [-0.25, -0.2) is 13.1 Å². The van der Waals surface area contributed by atoms with E-state index in [0.717, 1.165) is 19.5 Å². The van der Waals surface area contributed by atoms with Gasteiger partial charge >= 0.3 is 0 Å². The van der Waals surface area contributed by atoms with E-state index in [2.05, 4.69) is 10.0 Å². The summed E-state index contributed by atoms with van der Waals surface area (Å²) in [6, 6.07) is 0.0813. The molecule has 1 atom stereocenters. The fourth-order valence-corrected chi connectivity index (χ4v) is 3.74. The zero-order chi connectivity index (χ0) is 10.7. The van der Waals surface area contributed by atoms with Crippen LogP contribution < -0.4 is 10.0 Å². The van der Waals surface area contributed by atoms with Crippen LogP contribution in [0.4, 0.5) is 0 Å². The fourth-order valence-electron chi connectivity index (χ4n) is 2.07. The minimum atomic E-state index is -3.14. The average molecular weight is 234 g/mol. The molecule has 0 aromatic heterocycles. The molecule has 0 spiro atoms. The zero-order valence-electron chi connectivity index (χ0n) is 8.74. The summed E-state index contributed by atoms with van der Waals surface area (Å²) in [5.41, 5.74) is 0. The standard InChI is InChI=1S/C9H18N2O3S/c12-15(13,9-2-5-14-6-3-9)11-8-1-4-10-7-8/h8-11H,1-7H2. The molecule has 0 aromatic carbocycles. The Kier molecular flexibility index (Phi) is 3.60. The highest BCUT2D eigenvalue weighted by Crippen LogP contribution is 2.15. The summed E-state index contributed by atoms with van der Waals surface area (Å²) in [6.07, 6.45) is 2.13. The van der Waals surface area contributed by atoms with E-state index in [0.29, 0.717) is 26.1 Å². The average Bonchev–Trinajstić information content (AvgIpc) is 2.71. The number of hydrogen-bond acceptors (Lipinski definition) is 4. The number of nitrogens with one attached hydrogen (secondary N) is 2. The van der Waals surface area contributed by atoms with Crippen LogP contribution in [0.25, 0.3) is 0 Å². The van der Waals surface area contributed by atoms with Crippen molar-refractivity contribution in [1.29, 1.82) is 0 Å². The third kappa shape index (κ3) is 2.90. The van der Waals surface area contributed by atoms with Crippen molar-refractivity contribution in [3.63, 3.8) is 0 Å². The Morgan fingerprint density at radius 1 is 1.20 bits per heavy atom. The van der Waals surface area contributed by atoms with Crippen molar-refractivity contribution in [2.24, 2.45) is 0 Å². The van der Waals surface area contributed by atoms with Gasteiger partial charge in [0.05, 0.1) is 5.25 Å². The maximum Gasteiger partial charge on any atom is 0.214 e. The maximum atomic E-state index is 11.9. The van der Waals surface area contributed by atoms with Crippen molar-refractivity contribution in [3.8, 4) is 0 Å². The predicted octanol–water partition coefficient (Wildman–Crippen LogP) is -0.553. The second-order valence-electron chi connectivity index (χ2n) is 4.16. The molecule has 2 fully saturated rings. The van der Waals surface area contributed by atoms with Crippen LogP contribution in [0.2, 0.25) is 0 Å². The van der Waals surface area contributed by atoms with Gasteiger partial charge in [-0.3, -0.25) is 0 Å². The Morgan fingerprint density at radius 3 is 2.53 bits per heavy atom. The van der Waals surface area contributed by atoms with Crippen molar-refractivity contribution in [1.82, 2.24) is 10.0 Å². The highest BCUT2D eigenvalue weighted by molar-refractivity contribution is 7.90. The third-order valence-corrected chi connectivity index (χ3v) is 5.01. The quantitative estimate of drug-likeness (QED) is 0.687. The first-order chi connectivity index (χ1) is 7.18. The zero-order valence-corrected chi connectivity index (χ0v) is 9.55. The molecule has 2 rings (SSSR count). The minimum absolute atomic E-state index is 0.0813. The van der Waals surface area contributed by atoms with Gasteiger partial charge < -0.3 is 10.1 Å². The molecule has 2 heterocycles. The van der Waals surface area contributed by atoms with Gasteiger partial charge in [-0.1, -0.05) is 0 Å². The van der Waals surface area contributed by atoms with Crippen molar-refractivity contribution < 1.29 is 13.2 Å². The molecule has 2 aliphatic rings. The second kappa shape index (κ2) is 4.78. The summed E-state index contributed by atoms with van der Waals surface area (Å²) in [5.74, 6) is 0. The van der Waals surface area contributed by atoms with Crippen LogP contribution in [-0.2, 0) is 14.8 Å².